The first kappa shape index (κ1) is 6.95. The summed E-state index contributed by atoms with van der Waals surface area (Å²) in [5.74, 6) is 0.275. The van der Waals surface area contributed by atoms with Crippen LogP contribution in [0.3, 0.4) is 0 Å². The number of nitroso groups, excluding NO2 is 1. The summed E-state index contributed by atoms with van der Waals surface area (Å²) < 4.78 is 0. The number of aromatic nitrogens is 1. The van der Waals surface area contributed by atoms with E-state index in [-0.39, 0.29) is 16.5 Å². The zero-order chi connectivity index (χ0) is 7.56. The molecule has 0 spiro atoms. The predicted octanol–water partition coefficient (Wildman–Crippen LogP) is 1.72. The van der Waals surface area contributed by atoms with Crippen molar-refractivity contribution in [3.8, 4) is 0 Å². The summed E-state index contributed by atoms with van der Waals surface area (Å²) in [4.78, 5) is 13.5. The Bertz CT molecular complexity index is 263. The maximum absolute atomic E-state index is 9.92. The molecule has 0 bridgehead atoms. The minimum absolute atomic E-state index is 0.107. The highest BCUT2D eigenvalue weighted by atomic mass is 35.5. The molecule has 0 atom stereocenters. The number of nitrogen functional groups attached to an aromatic ring is 1. The van der Waals surface area contributed by atoms with E-state index in [9.17, 15) is 4.91 Å². The summed E-state index contributed by atoms with van der Waals surface area (Å²) in [7, 11) is 0. The normalized spacial score (nSPS) is 9.30. The number of rotatable bonds is 1. The van der Waals surface area contributed by atoms with E-state index >= 15 is 0 Å². The molecule has 1 rings (SSSR count). The van der Waals surface area contributed by atoms with Crippen molar-refractivity contribution in [3.63, 3.8) is 0 Å². The van der Waals surface area contributed by atoms with Crippen molar-refractivity contribution < 1.29 is 0 Å². The molecule has 2 N–H and O–H groups in total. The monoisotopic (exact) mass is 157 g/mol. The summed E-state index contributed by atoms with van der Waals surface area (Å²) in [6, 6.07) is 1.37. The van der Waals surface area contributed by atoms with Gasteiger partial charge in [0.1, 0.15) is 11.5 Å². The van der Waals surface area contributed by atoms with E-state index in [4.69, 9.17) is 17.3 Å². The van der Waals surface area contributed by atoms with Gasteiger partial charge in [0.2, 0.25) is 0 Å². The number of nitrogens with two attached hydrogens (primary N) is 1. The number of pyridine rings is 1. The van der Waals surface area contributed by atoms with E-state index < -0.39 is 0 Å². The summed E-state index contributed by atoms with van der Waals surface area (Å²) in [6.07, 6.45) is 1.23. The number of hydrogen-bond donors (Lipinski definition) is 1. The van der Waals surface area contributed by atoms with Crippen molar-refractivity contribution in [3.05, 3.63) is 22.2 Å². The summed E-state index contributed by atoms with van der Waals surface area (Å²) in [5, 5.41) is 2.84. The van der Waals surface area contributed by atoms with Gasteiger partial charge >= 0.3 is 0 Å². The average molecular weight is 158 g/mol. The largest absolute Gasteiger partial charge is 0.384 e. The molecular formula is C5H4ClN3O. The van der Waals surface area contributed by atoms with E-state index in [0.29, 0.717) is 0 Å². The SMILES string of the molecule is Nc1cc(Cl)c(N=O)cn1. The van der Waals surface area contributed by atoms with Gasteiger partial charge in [0.25, 0.3) is 0 Å². The van der Waals surface area contributed by atoms with Crippen LogP contribution >= 0.6 is 11.6 Å². The van der Waals surface area contributed by atoms with Crippen LogP contribution in [0.15, 0.2) is 17.4 Å². The summed E-state index contributed by atoms with van der Waals surface area (Å²) in [6.45, 7) is 0. The topological polar surface area (TPSA) is 68.3 Å². The second kappa shape index (κ2) is 2.62. The Labute approximate surface area is 62.0 Å². The van der Waals surface area contributed by atoms with Crippen LogP contribution in [-0.4, -0.2) is 4.98 Å². The van der Waals surface area contributed by atoms with Gasteiger partial charge in [0.05, 0.1) is 11.2 Å². The fraction of sp³-hybridized carbons (Fsp3) is 0. The smallest absolute Gasteiger partial charge is 0.145 e. The van der Waals surface area contributed by atoms with Crippen molar-refractivity contribution in [2.45, 2.75) is 0 Å². The van der Waals surface area contributed by atoms with Crippen LogP contribution in [0.25, 0.3) is 0 Å². The Morgan fingerprint density at radius 1 is 1.70 bits per heavy atom. The first-order valence-corrected chi connectivity index (χ1v) is 2.86. The third-order valence-corrected chi connectivity index (χ3v) is 1.26. The molecule has 0 aliphatic heterocycles. The Kier molecular flexibility index (Phi) is 1.82. The highest BCUT2D eigenvalue weighted by Gasteiger charge is 1.99. The van der Waals surface area contributed by atoms with Gasteiger partial charge in [0, 0.05) is 6.07 Å². The molecule has 52 valence electrons. The Balaban J connectivity index is 3.19. The molecule has 0 saturated heterocycles. The lowest BCUT2D eigenvalue weighted by Crippen LogP contribution is -1.87. The zero-order valence-corrected chi connectivity index (χ0v) is 5.67. The molecular weight excluding hydrogens is 154 g/mol. The predicted molar refractivity (Wildman–Crippen MR) is 39.1 cm³/mol. The van der Waals surface area contributed by atoms with Crippen molar-refractivity contribution in [2.75, 3.05) is 5.73 Å². The second-order valence-corrected chi connectivity index (χ2v) is 2.06. The molecule has 0 radical (unpaired) electrons. The van der Waals surface area contributed by atoms with Crippen molar-refractivity contribution in [2.24, 2.45) is 5.18 Å². The van der Waals surface area contributed by atoms with Crippen LogP contribution in [0.5, 0.6) is 0 Å². The molecule has 1 aromatic heterocycles. The molecule has 0 aliphatic carbocycles. The Morgan fingerprint density at radius 2 is 2.40 bits per heavy atom. The highest BCUT2D eigenvalue weighted by molar-refractivity contribution is 6.33. The Hall–Kier alpha value is -1.16. The lowest BCUT2D eigenvalue weighted by Gasteiger charge is -1.93. The van der Waals surface area contributed by atoms with Crippen LogP contribution in [0.2, 0.25) is 5.02 Å². The third-order valence-electron chi connectivity index (χ3n) is 0.954. The van der Waals surface area contributed by atoms with Crippen molar-refractivity contribution in [1.82, 2.24) is 4.98 Å². The average Bonchev–Trinajstić information content (AvgIpc) is 1.88. The molecule has 0 unspecified atom stereocenters. The number of halogens is 1. The van der Waals surface area contributed by atoms with Crippen molar-refractivity contribution >= 4 is 23.1 Å². The quantitative estimate of drug-likeness (QED) is 0.631. The van der Waals surface area contributed by atoms with Gasteiger partial charge in [-0.3, -0.25) is 0 Å². The minimum Gasteiger partial charge on any atom is -0.384 e. The van der Waals surface area contributed by atoms with Gasteiger partial charge in [0.15, 0.2) is 0 Å². The van der Waals surface area contributed by atoms with Gasteiger partial charge < -0.3 is 5.73 Å². The summed E-state index contributed by atoms with van der Waals surface area (Å²) in [5.41, 5.74) is 5.35. The fourth-order valence-corrected chi connectivity index (χ4v) is 0.701. The molecule has 0 aromatic carbocycles. The van der Waals surface area contributed by atoms with Gasteiger partial charge in [-0.25, -0.2) is 4.98 Å². The second-order valence-electron chi connectivity index (χ2n) is 1.65. The fourth-order valence-electron chi connectivity index (χ4n) is 0.506. The summed E-state index contributed by atoms with van der Waals surface area (Å²) >= 11 is 5.52. The first-order chi connectivity index (χ1) is 4.74. The molecule has 10 heavy (non-hydrogen) atoms. The van der Waals surface area contributed by atoms with E-state index in [0.717, 1.165) is 0 Å². The van der Waals surface area contributed by atoms with E-state index in [2.05, 4.69) is 10.2 Å². The lowest BCUT2D eigenvalue weighted by molar-refractivity contribution is 1.31. The van der Waals surface area contributed by atoms with Crippen LogP contribution in [-0.2, 0) is 0 Å². The molecule has 0 saturated carbocycles. The molecule has 0 amide bonds. The molecule has 0 aliphatic rings. The van der Waals surface area contributed by atoms with Crippen LogP contribution < -0.4 is 5.73 Å². The standard InChI is InChI=1S/C5H4ClN3O/c6-3-1-5(7)8-2-4(3)9-10/h1-2H,(H2,7,8). The maximum atomic E-state index is 9.92. The van der Waals surface area contributed by atoms with E-state index in [1.807, 2.05) is 0 Å². The lowest BCUT2D eigenvalue weighted by atomic mass is 10.4. The van der Waals surface area contributed by atoms with Crippen molar-refractivity contribution in [1.29, 1.82) is 0 Å². The molecule has 1 heterocycles. The van der Waals surface area contributed by atoms with Crippen LogP contribution in [0.1, 0.15) is 0 Å². The molecule has 4 nitrogen and oxygen atoms in total. The zero-order valence-electron chi connectivity index (χ0n) is 4.91. The van der Waals surface area contributed by atoms with Gasteiger partial charge in [-0.2, -0.15) is 0 Å². The van der Waals surface area contributed by atoms with Gasteiger partial charge in [-0.05, 0) is 5.18 Å². The Morgan fingerprint density at radius 3 is 2.90 bits per heavy atom. The van der Waals surface area contributed by atoms with Crippen LogP contribution in [0.4, 0.5) is 11.5 Å². The number of nitrogens with zero attached hydrogens (tertiary/aromatic N) is 2. The molecule has 0 fully saturated rings. The highest BCUT2D eigenvalue weighted by Crippen LogP contribution is 2.23. The van der Waals surface area contributed by atoms with Gasteiger partial charge in [-0.15, -0.1) is 4.91 Å². The van der Waals surface area contributed by atoms with Crippen LogP contribution in [0, 0.1) is 4.91 Å². The first-order valence-electron chi connectivity index (χ1n) is 2.48. The molecule has 1 aromatic rings. The van der Waals surface area contributed by atoms with E-state index in [1.54, 1.807) is 0 Å². The maximum Gasteiger partial charge on any atom is 0.145 e. The molecule has 5 heteroatoms. The number of anilines is 1. The minimum atomic E-state index is 0.107. The third kappa shape index (κ3) is 1.22. The van der Waals surface area contributed by atoms with E-state index in [1.165, 1.54) is 12.3 Å². The number of hydrogen-bond acceptors (Lipinski definition) is 4. The van der Waals surface area contributed by atoms with Gasteiger partial charge in [-0.1, -0.05) is 11.6 Å².